The maximum absolute atomic E-state index is 13.4. The molecule has 0 aliphatic heterocycles. The largest absolute Gasteiger partial charge is 0.457 e. The van der Waals surface area contributed by atoms with E-state index in [1.54, 1.807) is 49.4 Å². The normalized spacial score (nSPS) is 10.8. The molecule has 0 bridgehead atoms. The number of ether oxygens (including phenoxy) is 1. The van der Waals surface area contributed by atoms with Crippen LogP contribution in [0.25, 0.3) is 4.96 Å². The average Bonchev–Trinajstić information content (AvgIpc) is 3.28. The molecule has 0 fully saturated rings. The highest BCUT2D eigenvalue weighted by atomic mass is 35.5. The number of halogens is 1. The highest BCUT2D eigenvalue weighted by molar-refractivity contribution is 7.19. The number of hydrogen-bond donors (Lipinski definition) is 2. The Hall–Kier alpha value is -4.47. The molecule has 0 saturated heterocycles. The van der Waals surface area contributed by atoms with Gasteiger partial charge < -0.3 is 15.4 Å². The molecule has 0 aliphatic carbocycles. The second-order valence-corrected chi connectivity index (χ2v) is 9.83. The van der Waals surface area contributed by atoms with Crippen LogP contribution in [0.5, 0.6) is 11.5 Å². The van der Waals surface area contributed by atoms with Gasteiger partial charge in [-0.05, 0) is 67.9 Å². The molecule has 8 nitrogen and oxygen atoms in total. The van der Waals surface area contributed by atoms with E-state index in [0.717, 1.165) is 21.3 Å². The average molecular weight is 545 g/mol. The van der Waals surface area contributed by atoms with Gasteiger partial charge in [0.05, 0.1) is 0 Å². The molecule has 3 aromatic carbocycles. The number of nitrogens with one attached hydrogen (secondary N) is 2. The van der Waals surface area contributed by atoms with Crippen molar-refractivity contribution in [3.8, 4) is 11.5 Å². The van der Waals surface area contributed by atoms with E-state index in [1.165, 1.54) is 6.07 Å². The van der Waals surface area contributed by atoms with Gasteiger partial charge in [0.1, 0.15) is 22.1 Å². The van der Waals surface area contributed by atoms with Crippen LogP contribution in [0.4, 0.5) is 11.4 Å². The fourth-order valence-corrected chi connectivity index (χ4v) is 4.97. The summed E-state index contributed by atoms with van der Waals surface area (Å²) in [7, 11) is 0. The van der Waals surface area contributed by atoms with E-state index in [9.17, 15) is 14.4 Å². The zero-order chi connectivity index (χ0) is 26.8. The molecule has 2 N–H and O–H groups in total. The van der Waals surface area contributed by atoms with Gasteiger partial charge in [0.25, 0.3) is 17.4 Å². The Morgan fingerprint density at radius 2 is 1.53 bits per heavy atom. The van der Waals surface area contributed by atoms with Crippen molar-refractivity contribution in [1.29, 1.82) is 0 Å². The van der Waals surface area contributed by atoms with E-state index in [0.29, 0.717) is 33.6 Å². The van der Waals surface area contributed by atoms with Gasteiger partial charge in [-0.15, -0.1) is 0 Å². The lowest BCUT2D eigenvalue weighted by molar-refractivity contribution is 0.0989. The first kappa shape index (κ1) is 25.2. The lowest BCUT2D eigenvalue weighted by Crippen LogP contribution is -2.25. The van der Waals surface area contributed by atoms with Crippen molar-refractivity contribution in [1.82, 2.24) is 9.38 Å². The third-order valence-electron chi connectivity index (χ3n) is 5.59. The molecule has 2 heterocycles. The quantitative estimate of drug-likeness (QED) is 0.260. The van der Waals surface area contributed by atoms with Crippen LogP contribution in [0.15, 0.2) is 83.7 Å². The molecule has 0 aliphatic rings. The van der Waals surface area contributed by atoms with Crippen LogP contribution in [0.3, 0.4) is 0 Å². The monoisotopic (exact) mass is 544 g/mol. The molecular weight excluding hydrogens is 524 g/mol. The van der Waals surface area contributed by atoms with Crippen molar-refractivity contribution in [2.75, 3.05) is 10.6 Å². The highest BCUT2D eigenvalue weighted by Crippen LogP contribution is 2.27. The topological polar surface area (TPSA) is 102 Å². The number of carbonyl (C=O) groups excluding carboxylic acids is 2. The Morgan fingerprint density at radius 3 is 2.24 bits per heavy atom. The second kappa shape index (κ2) is 10.5. The van der Waals surface area contributed by atoms with Crippen LogP contribution in [0, 0.1) is 13.8 Å². The van der Waals surface area contributed by atoms with Crippen LogP contribution >= 0.6 is 22.9 Å². The third-order valence-corrected chi connectivity index (χ3v) is 7.04. The number of benzene rings is 3. The molecule has 0 radical (unpaired) electrons. The van der Waals surface area contributed by atoms with E-state index in [2.05, 4.69) is 15.6 Å². The zero-order valence-corrected chi connectivity index (χ0v) is 21.9. The van der Waals surface area contributed by atoms with Gasteiger partial charge in [-0.3, -0.25) is 14.4 Å². The van der Waals surface area contributed by atoms with Crippen molar-refractivity contribution in [2.24, 2.45) is 0 Å². The first-order valence-corrected chi connectivity index (χ1v) is 12.7. The van der Waals surface area contributed by atoms with E-state index in [1.807, 2.05) is 37.3 Å². The molecular formula is C28H21ClN4O4S. The summed E-state index contributed by atoms with van der Waals surface area (Å²) < 4.78 is 6.94. The van der Waals surface area contributed by atoms with Crippen molar-refractivity contribution in [2.45, 2.75) is 13.8 Å². The fourth-order valence-electron chi connectivity index (χ4n) is 3.72. The summed E-state index contributed by atoms with van der Waals surface area (Å²) in [6.07, 6.45) is 0. The van der Waals surface area contributed by atoms with Gasteiger partial charge in [-0.1, -0.05) is 47.2 Å². The number of aromatic nitrogens is 2. The van der Waals surface area contributed by atoms with Crippen LogP contribution in [-0.2, 0) is 0 Å². The molecule has 38 heavy (non-hydrogen) atoms. The number of amides is 2. The van der Waals surface area contributed by atoms with Crippen molar-refractivity contribution >= 4 is 51.1 Å². The predicted molar refractivity (Wildman–Crippen MR) is 149 cm³/mol. The number of fused-ring (bicyclic) bond motifs is 1. The standard InChI is InChI=1S/C28H21ClN4O4S/c1-16-8-9-19(15-22(16)29)32-26(35)24-25(38-28-30-17(2)14-23(34)33(24)28)27(36)31-18-10-12-21(13-11-18)37-20-6-4-3-5-7-20/h3-15H,1-2H3,(H,31,36)(H,32,35). The molecule has 5 rings (SSSR count). The summed E-state index contributed by atoms with van der Waals surface area (Å²) >= 11 is 7.16. The van der Waals surface area contributed by atoms with E-state index < -0.39 is 17.4 Å². The lowest BCUT2D eigenvalue weighted by atomic mass is 10.2. The van der Waals surface area contributed by atoms with Gasteiger partial charge in [0.2, 0.25) is 0 Å². The number of hydrogen-bond acceptors (Lipinski definition) is 6. The number of nitrogens with zero attached hydrogens (tertiary/aromatic N) is 2. The fraction of sp³-hybridized carbons (Fsp3) is 0.0714. The third kappa shape index (κ3) is 5.29. The SMILES string of the molecule is Cc1cc(=O)n2c(C(=O)Nc3ccc(C)c(Cl)c3)c(C(=O)Nc3ccc(Oc4ccccc4)cc3)sc2n1. The molecule has 2 aromatic heterocycles. The van der Waals surface area contributed by atoms with Gasteiger partial charge in [0, 0.05) is 28.2 Å². The van der Waals surface area contributed by atoms with Crippen molar-refractivity contribution in [3.05, 3.63) is 116 Å². The van der Waals surface area contributed by atoms with Crippen molar-refractivity contribution in [3.63, 3.8) is 0 Å². The molecule has 10 heteroatoms. The molecule has 0 saturated carbocycles. The van der Waals surface area contributed by atoms with E-state index in [-0.39, 0.29) is 15.5 Å². The van der Waals surface area contributed by atoms with Crippen LogP contribution < -0.4 is 20.9 Å². The van der Waals surface area contributed by atoms with Crippen LogP contribution in [-0.4, -0.2) is 21.2 Å². The van der Waals surface area contributed by atoms with Gasteiger partial charge in [-0.25, -0.2) is 9.38 Å². The van der Waals surface area contributed by atoms with Crippen molar-refractivity contribution < 1.29 is 14.3 Å². The minimum absolute atomic E-state index is 0.0421. The van der Waals surface area contributed by atoms with Gasteiger partial charge in [-0.2, -0.15) is 0 Å². The molecule has 5 aromatic rings. The van der Waals surface area contributed by atoms with Crippen LogP contribution in [0.2, 0.25) is 5.02 Å². The van der Waals surface area contributed by atoms with E-state index >= 15 is 0 Å². The number of carbonyl (C=O) groups is 2. The molecule has 0 atom stereocenters. The van der Waals surface area contributed by atoms with E-state index in [4.69, 9.17) is 16.3 Å². The first-order valence-electron chi connectivity index (χ1n) is 11.5. The predicted octanol–water partition coefficient (Wildman–Crippen LogP) is 6.32. The number of aryl methyl sites for hydroxylation is 2. The maximum Gasteiger partial charge on any atom is 0.274 e. The number of thiazole rings is 1. The summed E-state index contributed by atoms with van der Waals surface area (Å²) in [5, 5.41) is 6.00. The Balaban J connectivity index is 1.45. The van der Waals surface area contributed by atoms with Crippen LogP contribution in [0.1, 0.15) is 31.4 Å². The highest BCUT2D eigenvalue weighted by Gasteiger charge is 2.26. The number of anilines is 2. The molecule has 190 valence electrons. The summed E-state index contributed by atoms with van der Waals surface area (Å²) in [6, 6.07) is 22.5. The molecule has 0 unspecified atom stereocenters. The van der Waals surface area contributed by atoms with Gasteiger partial charge in [0.15, 0.2) is 4.96 Å². The lowest BCUT2D eigenvalue weighted by Gasteiger charge is -2.10. The molecule has 2 amide bonds. The summed E-state index contributed by atoms with van der Waals surface area (Å²) in [5.41, 5.74) is 1.67. The number of para-hydroxylation sites is 1. The Bertz CT molecular complexity index is 1730. The van der Waals surface area contributed by atoms with Gasteiger partial charge >= 0.3 is 0 Å². The minimum atomic E-state index is -0.638. The smallest absolute Gasteiger partial charge is 0.274 e. The summed E-state index contributed by atoms with van der Waals surface area (Å²) in [4.78, 5) is 44.2. The Morgan fingerprint density at radius 1 is 0.868 bits per heavy atom. The Kier molecular flexibility index (Phi) is 6.95. The number of rotatable bonds is 6. The second-order valence-electron chi connectivity index (χ2n) is 8.45. The summed E-state index contributed by atoms with van der Waals surface area (Å²) in [5.74, 6) is 0.0921. The Labute approximate surface area is 226 Å². The maximum atomic E-state index is 13.4. The molecule has 0 spiro atoms. The minimum Gasteiger partial charge on any atom is -0.457 e. The first-order chi connectivity index (χ1) is 18.3. The summed E-state index contributed by atoms with van der Waals surface area (Å²) in [6.45, 7) is 3.52. The zero-order valence-electron chi connectivity index (χ0n) is 20.3.